The summed E-state index contributed by atoms with van der Waals surface area (Å²) in [4.78, 5) is 0. The summed E-state index contributed by atoms with van der Waals surface area (Å²) in [6, 6.07) is 0. The molecule has 1 fully saturated rings. The molecule has 0 spiro atoms. The third-order valence-corrected chi connectivity index (χ3v) is 0.919. The molecule has 1 unspecified atom stereocenters. The molecule has 0 aromatic carbocycles. The standard InChI is InChI=1S/C3H5ClO.3ClH.Sb/c4-1-3-2-5-3;;;;/h3H,1-2H2;3*1H;/q;;;;+3/p-3. The minimum atomic E-state index is -2.03. The van der Waals surface area contributed by atoms with Crippen molar-refractivity contribution < 1.29 is 4.74 Å². The molecule has 0 bridgehead atoms. The maximum absolute atomic E-state index is 5.27. The molecule has 0 aromatic rings. The Morgan fingerprint density at radius 2 is 1.78 bits per heavy atom. The third kappa shape index (κ3) is 13.0. The Labute approximate surface area is 77.5 Å². The first-order valence-corrected chi connectivity index (χ1v) is 12.3. The van der Waals surface area contributed by atoms with Gasteiger partial charge >= 0.3 is 43.3 Å². The number of epoxide rings is 1. The average Bonchev–Trinajstić information content (AvgIpc) is 2.43. The summed E-state index contributed by atoms with van der Waals surface area (Å²) in [6.07, 6.45) is 0.400. The van der Waals surface area contributed by atoms with Crippen LogP contribution in [0, 0.1) is 0 Å². The summed E-state index contributed by atoms with van der Waals surface area (Å²) >= 11 is 3.24. The Bertz CT molecular complexity index is 64.1. The Balaban J connectivity index is 0.000000148. The van der Waals surface area contributed by atoms with Crippen LogP contribution < -0.4 is 0 Å². The van der Waals surface area contributed by atoms with E-state index in [1.165, 1.54) is 0 Å². The van der Waals surface area contributed by atoms with Crippen molar-refractivity contribution in [3.8, 4) is 0 Å². The predicted molar refractivity (Wildman–Crippen MR) is 43.8 cm³/mol. The van der Waals surface area contributed by atoms with E-state index in [9.17, 15) is 0 Å². The molecule has 9 heavy (non-hydrogen) atoms. The number of hydrogen-bond acceptors (Lipinski definition) is 1. The van der Waals surface area contributed by atoms with Crippen molar-refractivity contribution in [3.63, 3.8) is 0 Å². The van der Waals surface area contributed by atoms with Crippen molar-refractivity contribution in [1.82, 2.24) is 0 Å². The van der Waals surface area contributed by atoms with Crippen LogP contribution >= 0.6 is 38.1 Å². The molecule has 56 valence electrons. The molecule has 1 aliphatic rings. The fourth-order valence-electron chi connectivity index (χ4n) is 0.157. The van der Waals surface area contributed by atoms with Gasteiger partial charge in [-0.1, -0.05) is 0 Å². The molecule has 1 rings (SSSR count). The summed E-state index contributed by atoms with van der Waals surface area (Å²) < 4.78 is 4.73. The Morgan fingerprint density at radius 1 is 1.44 bits per heavy atom. The molecular weight excluding hydrogens is 316 g/mol. The molecule has 0 aromatic heterocycles. The quantitative estimate of drug-likeness (QED) is 0.410. The van der Waals surface area contributed by atoms with E-state index < -0.39 is 16.8 Å². The summed E-state index contributed by atoms with van der Waals surface area (Å²) in [5, 5.41) is 0. The van der Waals surface area contributed by atoms with Gasteiger partial charge in [-0.05, 0) is 0 Å². The molecule has 0 aliphatic carbocycles. The van der Waals surface area contributed by atoms with E-state index in [1.807, 2.05) is 0 Å². The van der Waals surface area contributed by atoms with Crippen LogP contribution in [0.5, 0.6) is 0 Å². The van der Waals surface area contributed by atoms with Gasteiger partial charge in [0.25, 0.3) is 0 Å². The number of halogens is 4. The fraction of sp³-hybridized carbons (Fsp3) is 1.00. The van der Waals surface area contributed by atoms with Gasteiger partial charge < -0.3 is 4.74 Å². The van der Waals surface area contributed by atoms with Gasteiger partial charge in [0.05, 0.1) is 18.6 Å². The first kappa shape index (κ1) is 10.9. The number of alkyl halides is 1. The third-order valence-electron chi connectivity index (χ3n) is 0.574. The van der Waals surface area contributed by atoms with Gasteiger partial charge in [-0.15, -0.1) is 11.6 Å². The zero-order valence-corrected chi connectivity index (χ0v) is 9.94. The van der Waals surface area contributed by atoms with Gasteiger partial charge in [0.2, 0.25) is 0 Å². The Morgan fingerprint density at radius 3 is 1.78 bits per heavy atom. The summed E-state index contributed by atoms with van der Waals surface area (Å²) in [7, 11) is 15.0. The second-order valence-corrected chi connectivity index (χ2v) is 13.0. The minimum absolute atomic E-state index is 0.400. The second-order valence-electron chi connectivity index (χ2n) is 1.30. The topological polar surface area (TPSA) is 12.5 Å². The van der Waals surface area contributed by atoms with E-state index in [-0.39, 0.29) is 0 Å². The Kier molecular flexibility index (Phi) is 8.07. The predicted octanol–water partition coefficient (Wildman–Crippen LogP) is 2.31. The molecule has 0 saturated carbocycles. The van der Waals surface area contributed by atoms with Gasteiger partial charge in [-0.25, -0.2) is 0 Å². The zero-order valence-electron chi connectivity index (χ0n) is 4.36. The molecule has 1 heterocycles. The van der Waals surface area contributed by atoms with E-state index in [0.717, 1.165) is 6.61 Å². The van der Waals surface area contributed by atoms with E-state index in [0.29, 0.717) is 12.0 Å². The molecular formula is C3H5Cl4OSb. The van der Waals surface area contributed by atoms with E-state index in [1.54, 1.807) is 0 Å². The van der Waals surface area contributed by atoms with Crippen LogP contribution in [0.1, 0.15) is 0 Å². The van der Waals surface area contributed by atoms with Crippen molar-refractivity contribution in [3.05, 3.63) is 0 Å². The summed E-state index contributed by atoms with van der Waals surface area (Å²) in [6.45, 7) is 0.878. The molecule has 1 atom stereocenters. The van der Waals surface area contributed by atoms with Crippen molar-refractivity contribution in [1.29, 1.82) is 0 Å². The van der Waals surface area contributed by atoms with Crippen LogP contribution in [0.15, 0.2) is 0 Å². The van der Waals surface area contributed by atoms with Crippen LogP contribution in [0.2, 0.25) is 0 Å². The monoisotopic (exact) mass is 318 g/mol. The van der Waals surface area contributed by atoms with E-state index in [4.69, 9.17) is 42.8 Å². The molecule has 0 N–H and O–H groups in total. The number of hydrogen-bond donors (Lipinski definition) is 0. The number of rotatable bonds is 1. The van der Waals surface area contributed by atoms with Crippen LogP contribution in [0.4, 0.5) is 0 Å². The van der Waals surface area contributed by atoms with E-state index in [2.05, 4.69) is 0 Å². The van der Waals surface area contributed by atoms with Gasteiger partial charge in [0, 0.05) is 0 Å². The molecule has 1 saturated heterocycles. The molecule has 1 aliphatic heterocycles. The average molecular weight is 321 g/mol. The normalized spacial score (nSPS) is 23.0. The van der Waals surface area contributed by atoms with Crippen molar-refractivity contribution in [2.45, 2.75) is 6.10 Å². The molecule has 1 nitrogen and oxygen atoms in total. The van der Waals surface area contributed by atoms with Crippen molar-refractivity contribution >= 4 is 54.9 Å². The van der Waals surface area contributed by atoms with Crippen LogP contribution in [0.25, 0.3) is 0 Å². The number of ether oxygens (including phenoxy) is 1. The van der Waals surface area contributed by atoms with E-state index >= 15 is 0 Å². The maximum atomic E-state index is 5.27. The van der Waals surface area contributed by atoms with Crippen LogP contribution in [-0.2, 0) is 4.74 Å². The molecule has 0 amide bonds. The SMILES string of the molecule is ClCC1CO1.[Cl][Sb]([Cl])[Cl]. The molecule has 6 heteroatoms. The summed E-state index contributed by atoms with van der Waals surface area (Å²) in [5.74, 6) is 0.667. The van der Waals surface area contributed by atoms with Gasteiger partial charge in [0.1, 0.15) is 0 Å². The summed E-state index contributed by atoms with van der Waals surface area (Å²) in [5.41, 5.74) is 0. The first-order valence-electron chi connectivity index (χ1n) is 2.12. The Hall–Kier alpha value is 1.94. The van der Waals surface area contributed by atoms with Crippen molar-refractivity contribution in [2.75, 3.05) is 12.5 Å². The van der Waals surface area contributed by atoms with Crippen molar-refractivity contribution in [2.24, 2.45) is 0 Å². The van der Waals surface area contributed by atoms with Gasteiger partial charge in [-0.3, -0.25) is 0 Å². The first-order chi connectivity index (χ1) is 4.16. The van der Waals surface area contributed by atoms with Crippen LogP contribution in [0.3, 0.4) is 0 Å². The van der Waals surface area contributed by atoms with Gasteiger partial charge in [0.15, 0.2) is 0 Å². The van der Waals surface area contributed by atoms with Crippen LogP contribution in [-0.4, -0.2) is 35.4 Å². The fourth-order valence-corrected chi connectivity index (χ4v) is 0.335. The zero-order chi connectivity index (χ0) is 7.28. The molecule has 0 radical (unpaired) electrons. The second kappa shape index (κ2) is 6.64. The van der Waals surface area contributed by atoms with Gasteiger partial charge in [-0.2, -0.15) is 0 Å².